The number of hydrogen-bond acceptors (Lipinski definition) is 7. The van der Waals surface area contributed by atoms with Crippen molar-refractivity contribution in [3.63, 3.8) is 0 Å². The van der Waals surface area contributed by atoms with Crippen molar-refractivity contribution in [2.45, 2.75) is 51.2 Å². The molecule has 0 aliphatic carbocycles. The second-order valence-corrected chi connectivity index (χ2v) is 6.26. The first-order chi connectivity index (χ1) is 13.0. The molecule has 0 fully saturated rings. The lowest BCUT2D eigenvalue weighted by molar-refractivity contribution is -0.144. The normalized spacial score (nSPS) is 14.9. The van der Waals surface area contributed by atoms with Gasteiger partial charge in [0.2, 0.25) is 17.7 Å². The van der Waals surface area contributed by atoms with Crippen LogP contribution in [0.25, 0.3) is 0 Å². The van der Waals surface area contributed by atoms with Crippen LogP contribution < -0.4 is 21.7 Å². The predicted octanol–water partition coefficient (Wildman–Crippen LogP) is -2.61. The highest BCUT2D eigenvalue weighted by Gasteiger charge is 2.27. The van der Waals surface area contributed by atoms with Gasteiger partial charge in [0.15, 0.2) is 0 Å². The average molecular weight is 404 g/mol. The van der Waals surface area contributed by atoms with Gasteiger partial charge >= 0.3 is 11.9 Å². The molecule has 4 unspecified atom stereocenters. The van der Waals surface area contributed by atoms with Gasteiger partial charge in [-0.3, -0.25) is 19.2 Å². The number of nitrogens with two attached hydrogens (primary N) is 1. The summed E-state index contributed by atoms with van der Waals surface area (Å²) < 4.78 is 0. The van der Waals surface area contributed by atoms with Gasteiger partial charge in [-0.05, 0) is 12.3 Å². The molecule has 0 spiro atoms. The molecule has 0 radical (unpaired) electrons. The Morgan fingerprint density at radius 3 is 2.07 bits per heavy atom. The summed E-state index contributed by atoms with van der Waals surface area (Å²) >= 11 is 0. The Hall–Kier alpha value is -2.73. The largest absolute Gasteiger partial charge is 0.481 e. The molecule has 0 bridgehead atoms. The Bertz CT molecular complexity index is 583. The Kier molecular flexibility index (Phi) is 11.4. The van der Waals surface area contributed by atoms with Crippen molar-refractivity contribution in [3.05, 3.63) is 0 Å². The zero-order valence-corrected chi connectivity index (χ0v) is 15.8. The number of amides is 3. The second kappa shape index (κ2) is 12.6. The van der Waals surface area contributed by atoms with E-state index in [1.165, 1.54) is 0 Å². The van der Waals surface area contributed by atoms with Crippen LogP contribution in [0, 0.1) is 5.92 Å². The van der Waals surface area contributed by atoms with Gasteiger partial charge in [-0.15, -0.1) is 0 Å². The molecule has 0 saturated heterocycles. The molecule has 3 amide bonds. The van der Waals surface area contributed by atoms with Crippen LogP contribution in [0.5, 0.6) is 0 Å². The van der Waals surface area contributed by atoms with Gasteiger partial charge < -0.3 is 37.0 Å². The van der Waals surface area contributed by atoms with E-state index in [0.717, 1.165) is 0 Å². The molecule has 4 atom stereocenters. The first-order valence-electron chi connectivity index (χ1n) is 8.71. The molecular formula is C16H28N4O8. The fourth-order valence-electron chi connectivity index (χ4n) is 2.04. The van der Waals surface area contributed by atoms with Crippen LogP contribution in [0.15, 0.2) is 0 Å². The van der Waals surface area contributed by atoms with E-state index < -0.39 is 67.4 Å². The van der Waals surface area contributed by atoms with Gasteiger partial charge in [-0.25, -0.2) is 4.79 Å². The molecule has 0 aliphatic rings. The first kappa shape index (κ1) is 25.3. The summed E-state index contributed by atoms with van der Waals surface area (Å²) in [5.74, 6) is -5.14. The molecule has 0 aromatic heterocycles. The number of aliphatic hydroxyl groups excluding tert-OH is 1. The Morgan fingerprint density at radius 2 is 1.61 bits per heavy atom. The number of carboxylic acids is 2. The zero-order valence-electron chi connectivity index (χ0n) is 15.8. The minimum atomic E-state index is -1.61. The lowest BCUT2D eigenvalue weighted by Gasteiger charge is -2.21. The van der Waals surface area contributed by atoms with E-state index in [4.69, 9.17) is 21.1 Å². The standard InChI is InChI=1S/C16H28N4O8/c1-3-8(2)13(17)15(26)18-6-11(22)19-9(4-5-12(23)24)14(25)20-10(7-21)16(27)28/h8-10,13,21H,3-7,17H2,1-2H3,(H,18,26)(H,19,22)(H,20,25)(H,23,24)(H,27,28). The molecule has 0 heterocycles. The Morgan fingerprint density at radius 1 is 1.00 bits per heavy atom. The van der Waals surface area contributed by atoms with E-state index >= 15 is 0 Å². The van der Waals surface area contributed by atoms with Crippen LogP contribution in [-0.2, 0) is 24.0 Å². The SMILES string of the molecule is CCC(C)C(N)C(=O)NCC(=O)NC(CCC(=O)O)C(=O)NC(CO)C(=O)O. The van der Waals surface area contributed by atoms with Crippen LogP contribution in [0.2, 0.25) is 0 Å². The van der Waals surface area contributed by atoms with E-state index in [9.17, 15) is 24.0 Å². The van der Waals surface area contributed by atoms with E-state index in [1.807, 2.05) is 12.2 Å². The molecule has 12 heteroatoms. The van der Waals surface area contributed by atoms with Crippen LogP contribution in [0.4, 0.5) is 0 Å². The van der Waals surface area contributed by atoms with Crippen LogP contribution in [0.3, 0.4) is 0 Å². The number of carboxylic acid groups (broad SMARTS) is 2. The number of nitrogens with one attached hydrogen (secondary N) is 3. The topological polar surface area (TPSA) is 208 Å². The average Bonchev–Trinajstić information content (AvgIpc) is 2.65. The Labute approximate surface area is 161 Å². The van der Waals surface area contributed by atoms with Crippen LogP contribution in [-0.4, -0.2) is 76.3 Å². The minimum absolute atomic E-state index is 0.108. The van der Waals surface area contributed by atoms with Crippen molar-refractivity contribution in [3.8, 4) is 0 Å². The molecule has 8 N–H and O–H groups in total. The summed E-state index contributed by atoms with van der Waals surface area (Å²) in [6, 6.07) is -3.79. The van der Waals surface area contributed by atoms with Gasteiger partial charge in [-0.1, -0.05) is 20.3 Å². The number of hydrogen-bond donors (Lipinski definition) is 7. The third kappa shape index (κ3) is 9.28. The summed E-state index contributed by atoms with van der Waals surface area (Å²) in [5, 5.41) is 33.1. The predicted molar refractivity (Wildman–Crippen MR) is 95.9 cm³/mol. The summed E-state index contributed by atoms with van der Waals surface area (Å²) in [6.45, 7) is 2.25. The van der Waals surface area contributed by atoms with Gasteiger partial charge in [0, 0.05) is 6.42 Å². The molecule has 28 heavy (non-hydrogen) atoms. The molecule has 160 valence electrons. The number of carbonyl (C=O) groups is 5. The third-order valence-electron chi connectivity index (χ3n) is 4.08. The molecule has 0 aromatic carbocycles. The van der Waals surface area contributed by atoms with Crippen molar-refractivity contribution in [1.82, 2.24) is 16.0 Å². The molecule has 0 aliphatic heterocycles. The van der Waals surface area contributed by atoms with Crippen LogP contribution in [0.1, 0.15) is 33.1 Å². The van der Waals surface area contributed by atoms with E-state index in [-0.39, 0.29) is 12.3 Å². The highest BCUT2D eigenvalue weighted by Crippen LogP contribution is 2.05. The van der Waals surface area contributed by atoms with E-state index in [1.54, 1.807) is 6.92 Å². The van der Waals surface area contributed by atoms with E-state index in [2.05, 4.69) is 10.6 Å². The number of carbonyl (C=O) groups excluding carboxylic acids is 3. The quantitative estimate of drug-likeness (QED) is 0.171. The van der Waals surface area contributed by atoms with Crippen molar-refractivity contribution in [1.29, 1.82) is 0 Å². The second-order valence-electron chi connectivity index (χ2n) is 6.26. The maximum Gasteiger partial charge on any atom is 0.328 e. The molecule has 0 rings (SSSR count). The lowest BCUT2D eigenvalue weighted by Crippen LogP contribution is -2.54. The fraction of sp³-hybridized carbons (Fsp3) is 0.688. The first-order valence-corrected chi connectivity index (χ1v) is 8.71. The number of aliphatic hydroxyl groups is 1. The molecule has 0 saturated carbocycles. The number of aliphatic carboxylic acids is 2. The van der Waals surface area contributed by atoms with Gasteiger partial charge in [0.25, 0.3) is 0 Å². The highest BCUT2D eigenvalue weighted by molar-refractivity contribution is 5.92. The lowest BCUT2D eigenvalue weighted by atomic mass is 9.99. The molecule has 12 nitrogen and oxygen atoms in total. The Balaban J connectivity index is 4.87. The summed E-state index contributed by atoms with van der Waals surface area (Å²) in [6.07, 6.45) is -0.126. The minimum Gasteiger partial charge on any atom is -0.481 e. The highest BCUT2D eigenvalue weighted by atomic mass is 16.4. The summed E-state index contributed by atoms with van der Waals surface area (Å²) in [4.78, 5) is 57.6. The zero-order chi connectivity index (χ0) is 21.9. The maximum absolute atomic E-state index is 12.1. The maximum atomic E-state index is 12.1. The fourth-order valence-corrected chi connectivity index (χ4v) is 2.04. The van der Waals surface area contributed by atoms with Crippen LogP contribution >= 0.6 is 0 Å². The molecule has 0 aromatic rings. The monoisotopic (exact) mass is 404 g/mol. The summed E-state index contributed by atoms with van der Waals surface area (Å²) in [7, 11) is 0. The van der Waals surface area contributed by atoms with Gasteiger partial charge in [-0.2, -0.15) is 0 Å². The van der Waals surface area contributed by atoms with Gasteiger partial charge in [0.1, 0.15) is 12.1 Å². The van der Waals surface area contributed by atoms with Crippen molar-refractivity contribution in [2.24, 2.45) is 11.7 Å². The van der Waals surface area contributed by atoms with E-state index in [0.29, 0.717) is 6.42 Å². The molecular weight excluding hydrogens is 376 g/mol. The van der Waals surface area contributed by atoms with Crippen molar-refractivity contribution in [2.75, 3.05) is 13.2 Å². The smallest absolute Gasteiger partial charge is 0.328 e. The number of rotatable bonds is 13. The van der Waals surface area contributed by atoms with Gasteiger partial charge in [0.05, 0.1) is 19.2 Å². The van der Waals surface area contributed by atoms with Crippen molar-refractivity contribution >= 4 is 29.7 Å². The van der Waals surface area contributed by atoms with Crippen molar-refractivity contribution < 1.29 is 39.3 Å². The third-order valence-corrected chi connectivity index (χ3v) is 4.08. The summed E-state index contributed by atoms with van der Waals surface area (Å²) in [5.41, 5.74) is 5.73.